The van der Waals surface area contributed by atoms with Crippen molar-refractivity contribution in [1.29, 1.82) is 0 Å². The van der Waals surface area contributed by atoms with Crippen LogP contribution >= 0.6 is 11.6 Å². The number of nitrogens with zero attached hydrogens (tertiary/aromatic N) is 1. The van der Waals surface area contributed by atoms with Gasteiger partial charge < -0.3 is 10.6 Å². The quantitative estimate of drug-likeness (QED) is 0.810. The van der Waals surface area contributed by atoms with Crippen molar-refractivity contribution in [3.05, 3.63) is 35.1 Å². The molecule has 1 aliphatic heterocycles. The van der Waals surface area contributed by atoms with Gasteiger partial charge in [-0.1, -0.05) is 11.6 Å². The first-order chi connectivity index (χ1) is 9.22. The van der Waals surface area contributed by atoms with Crippen molar-refractivity contribution in [2.45, 2.75) is 12.5 Å². The average molecular weight is 281 g/mol. The molecule has 4 nitrogen and oxygen atoms in total. The summed E-state index contributed by atoms with van der Waals surface area (Å²) in [5.74, 6) is 0.438. The van der Waals surface area contributed by atoms with Crippen LogP contribution in [0.2, 0.25) is 5.02 Å². The Labute approximate surface area is 115 Å². The maximum absolute atomic E-state index is 13.0. The minimum Gasteiger partial charge on any atom is -0.365 e. The number of hydrogen-bond acceptors (Lipinski definition) is 3. The van der Waals surface area contributed by atoms with E-state index >= 15 is 0 Å². The van der Waals surface area contributed by atoms with Gasteiger partial charge in [0.2, 0.25) is 0 Å². The van der Waals surface area contributed by atoms with Gasteiger partial charge >= 0.3 is 0 Å². The highest BCUT2D eigenvalue weighted by atomic mass is 35.5. The van der Waals surface area contributed by atoms with Crippen molar-refractivity contribution in [2.75, 3.05) is 18.4 Å². The van der Waals surface area contributed by atoms with Crippen LogP contribution in [-0.2, 0) is 0 Å². The molecule has 1 aliphatic rings. The fraction of sp³-hybridized carbons (Fsp3) is 0.308. The van der Waals surface area contributed by atoms with Crippen molar-refractivity contribution in [3.63, 3.8) is 0 Å². The van der Waals surface area contributed by atoms with Gasteiger partial charge in [0.05, 0.1) is 10.7 Å². The summed E-state index contributed by atoms with van der Waals surface area (Å²) in [6, 6.07) is 6.62. The van der Waals surface area contributed by atoms with Crippen LogP contribution in [-0.4, -0.2) is 29.3 Å². The Morgan fingerprint density at radius 1 is 1.37 bits per heavy atom. The van der Waals surface area contributed by atoms with Crippen LogP contribution in [0.5, 0.6) is 0 Å². The Balaban J connectivity index is 1.80. The van der Waals surface area contributed by atoms with Gasteiger partial charge in [-0.2, -0.15) is 5.10 Å². The van der Waals surface area contributed by atoms with Gasteiger partial charge in [0.25, 0.3) is 0 Å². The molecule has 19 heavy (non-hydrogen) atoms. The molecule has 0 spiro atoms. The second-order valence-corrected chi connectivity index (χ2v) is 5.03. The van der Waals surface area contributed by atoms with Crippen LogP contribution in [0.15, 0.2) is 24.3 Å². The highest BCUT2D eigenvalue weighted by Crippen LogP contribution is 2.28. The summed E-state index contributed by atoms with van der Waals surface area (Å²) in [5, 5.41) is 14.1. The van der Waals surface area contributed by atoms with E-state index in [-0.39, 0.29) is 5.82 Å². The number of halogens is 2. The van der Waals surface area contributed by atoms with E-state index in [1.54, 1.807) is 6.07 Å². The number of nitrogens with one attached hydrogen (secondary N) is 3. The van der Waals surface area contributed by atoms with E-state index in [0.29, 0.717) is 11.1 Å². The number of hydrogen-bond donors (Lipinski definition) is 3. The topological polar surface area (TPSA) is 52.7 Å². The van der Waals surface area contributed by atoms with Gasteiger partial charge in [-0.05, 0) is 31.2 Å². The zero-order valence-electron chi connectivity index (χ0n) is 10.2. The lowest BCUT2D eigenvalue weighted by molar-refractivity contribution is 0.628. The third-order valence-electron chi connectivity index (χ3n) is 3.21. The number of aromatic nitrogens is 2. The average Bonchev–Trinajstić information content (AvgIpc) is 3.01. The van der Waals surface area contributed by atoms with Crippen LogP contribution in [0.1, 0.15) is 6.42 Å². The van der Waals surface area contributed by atoms with Gasteiger partial charge in [-0.15, -0.1) is 0 Å². The fourth-order valence-electron chi connectivity index (χ4n) is 2.23. The predicted molar refractivity (Wildman–Crippen MR) is 73.9 cm³/mol. The molecule has 0 radical (unpaired) electrons. The lowest BCUT2D eigenvalue weighted by Crippen LogP contribution is -2.22. The zero-order chi connectivity index (χ0) is 13.2. The predicted octanol–water partition coefficient (Wildman–Crippen LogP) is 2.64. The summed E-state index contributed by atoms with van der Waals surface area (Å²) >= 11 is 6.03. The molecule has 2 aromatic rings. The van der Waals surface area contributed by atoms with Gasteiger partial charge in [-0.3, -0.25) is 5.10 Å². The van der Waals surface area contributed by atoms with E-state index in [1.165, 1.54) is 12.1 Å². The molecule has 6 heteroatoms. The molecule has 0 bridgehead atoms. The van der Waals surface area contributed by atoms with Gasteiger partial charge in [0.15, 0.2) is 0 Å². The van der Waals surface area contributed by atoms with Gasteiger partial charge in [-0.25, -0.2) is 4.39 Å². The summed E-state index contributed by atoms with van der Waals surface area (Å²) in [6.07, 6.45) is 1.08. The summed E-state index contributed by atoms with van der Waals surface area (Å²) in [4.78, 5) is 0. The summed E-state index contributed by atoms with van der Waals surface area (Å²) in [5.41, 5.74) is 1.52. The van der Waals surface area contributed by atoms with Crippen molar-refractivity contribution in [3.8, 4) is 11.3 Å². The summed E-state index contributed by atoms with van der Waals surface area (Å²) in [7, 11) is 0. The lowest BCUT2D eigenvalue weighted by Gasteiger charge is -2.08. The van der Waals surface area contributed by atoms with Crippen LogP contribution in [0.25, 0.3) is 11.3 Å². The Morgan fingerprint density at radius 3 is 3.00 bits per heavy atom. The van der Waals surface area contributed by atoms with E-state index < -0.39 is 0 Å². The number of aromatic amines is 1. The van der Waals surface area contributed by atoms with Crippen LogP contribution in [0.4, 0.5) is 10.2 Å². The Hall–Kier alpha value is -1.59. The monoisotopic (exact) mass is 280 g/mol. The molecule has 2 heterocycles. The molecule has 3 N–H and O–H groups in total. The van der Waals surface area contributed by atoms with Crippen molar-refractivity contribution >= 4 is 17.4 Å². The van der Waals surface area contributed by atoms with Crippen LogP contribution < -0.4 is 10.6 Å². The number of benzene rings is 1. The Bertz CT molecular complexity index is 578. The van der Waals surface area contributed by atoms with Gasteiger partial charge in [0, 0.05) is 24.2 Å². The molecule has 0 amide bonds. The smallest absolute Gasteiger partial charge is 0.148 e. The van der Waals surface area contributed by atoms with Crippen molar-refractivity contribution in [1.82, 2.24) is 15.5 Å². The molecule has 1 unspecified atom stereocenters. The van der Waals surface area contributed by atoms with E-state index in [2.05, 4.69) is 20.8 Å². The molecular weight excluding hydrogens is 267 g/mol. The first-order valence-corrected chi connectivity index (χ1v) is 6.58. The maximum atomic E-state index is 13.0. The van der Waals surface area contributed by atoms with E-state index in [4.69, 9.17) is 11.6 Å². The molecule has 100 valence electrons. The Morgan fingerprint density at radius 2 is 2.26 bits per heavy atom. The van der Waals surface area contributed by atoms with Crippen LogP contribution in [0, 0.1) is 5.82 Å². The molecule has 1 aromatic carbocycles. The highest BCUT2D eigenvalue weighted by Gasteiger charge is 2.15. The van der Waals surface area contributed by atoms with Crippen molar-refractivity contribution < 1.29 is 4.39 Å². The molecule has 1 fully saturated rings. The molecule has 1 aromatic heterocycles. The second-order valence-electron chi connectivity index (χ2n) is 4.63. The third-order valence-corrected chi connectivity index (χ3v) is 3.52. The number of rotatable bonds is 3. The third kappa shape index (κ3) is 2.72. The standard InChI is InChI=1S/C13H14ClFN4/c14-11-5-8(15)1-2-10(11)12-6-13(19-18-12)17-9-3-4-16-7-9/h1-2,5-6,9,16H,3-4,7H2,(H2,17,18,19). The molecular formula is C13H14ClFN4. The zero-order valence-corrected chi connectivity index (χ0v) is 11.0. The summed E-state index contributed by atoms with van der Waals surface area (Å²) < 4.78 is 13.0. The fourth-order valence-corrected chi connectivity index (χ4v) is 2.50. The molecule has 1 atom stereocenters. The van der Waals surface area contributed by atoms with E-state index in [9.17, 15) is 4.39 Å². The minimum atomic E-state index is -0.344. The molecule has 0 saturated carbocycles. The largest absolute Gasteiger partial charge is 0.365 e. The van der Waals surface area contributed by atoms with Crippen molar-refractivity contribution in [2.24, 2.45) is 0 Å². The SMILES string of the molecule is Fc1ccc(-c2cc(NC3CCNC3)n[nH]2)c(Cl)c1. The van der Waals surface area contributed by atoms with E-state index in [1.807, 2.05) is 6.07 Å². The lowest BCUT2D eigenvalue weighted by atomic mass is 10.1. The normalized spacial score (nSPS) is 18.7. The molecule has 0 aliphatic carbocycles. The number of H-pyrrole nitrogens is 1. The first-order valence-electron chi connectivity index (χ1n) is 6.20. The van der Waals surface area contributed by atoms with Gasteiger partial charge in [0.1, 0.15) is 11.6 Å². The second kappa shape index (κ2) is 5.19. The molecule has 3 rings (SSSR count). The van der Waals surface area contributed by atoms with E-state index in [0.717, 1.165) is 36.6 Å². The maximum Gasteiger partial charge on any atom is 0.148 e. The first kappa shape index (κ1) is 12.4. The van der Waals surface area contributed by atoms with Crippen LogP contribution in [0.3, 0.4) is 0 Å². The minimum absolute atomic E-state index is 0.344. The highest BCUT2D eigenvalue weighted by molar-refractivity contribution is 6.33. The summed E-state index contributed by atoms with van der Waals surface area (Å²) in [6.45, 7) is 1.97. The Kier molecular flexibility index (Phi) is 3.40. The molecule has 1 saturated heterocycles. The number of anilines is 1.